The number of pyridine rings is 2. The van der Waals surface area contributed by atoms with Crippen molar-refractivity contribution in [3.8, 4) is 10.4 Å². The monoisotopic (exact) mass is 428 g/mol. The van der Waals surface area contributed by atoms with Crippen molar-refractivity contribution >= 4 is 43.7 Å². The molecule has 0 aliphatic carbocycles. The first-order chi connectivity index (χ1) is 13.5. The number of hydrogen-bond acceptors (Lipinski definition) is 7. The molecule has 0 unspecified atom stereocenters. The molecule has 4 aromatic rings. The van der Waals surface area contributed by atoms with Crippen molar-refractivity contribution in [3.63, 3.8) is 0 Å². The Hall–Kier alpha value is -2.81. The summed E-state index contributed by atoms with van der Waals surface area (Å²) < 4.78 is 25.7. The van der Waals surface area contributed by atoms with Crippen LogP contribution in [0.4, 0.5) is 10.9 Å². The van der Waals surface area contributed by atoms with Crippen LogP contribution < -0.4 is 5.32 Å². The normalized spacial score (nSPS) is 11.3. The van der Waals surface area contributed by atoms with Crippen LogP contribution in [-0.2, 0) is 9.84 Å². The summed E-state index contributed by atoms with van der Waals surface area (Å²) in [7, 11) is -3.70. The van der Waals surface area contributed by atoms with E-state index in [2.05, 4.69) is 20.3 Å². The molecule has 4 rings (SSSR count). The van der Waals surface area contributed by atoms with Gasteiger partial charge in [0.15, 0.2) is 5.13 Å². The fourth-order valence-electron chi connectivity index (χ4n) is 2.52. The van der Waals surface area contributed by atoms with Gasteiger partial charge in [0, 0.05) is 24.7 Å². The molecule has 3 heterocycles. The van der Waals surface area contributed by atoms with Gasteiger partial charge in [-0.25, -0.2) is 18.4 Å². The SMILES string of the molecule is O=S(=O)(c1ccccc1)c1cc(Cl)nc(Nc2ncc(-c3ccncc3)s2)c1. The first kappa shape index (κ1) is 18.5. The second kappa shape index (κ2) is 7.67. The van der Waals surface area contributed by atoms with Crippen molar-refractivity contribution in [3.05, 3.63) is 78.3 Å². The van der Waals surface area contributed by atoms with Gasteiger partial charge >= 0.3 is 0 Å². The minimum atomic E-state index is -3.70. The lowest BCUT2D eigenvalue weighted by atomic mass is 10.2. The molecule has 0 saturated carbocycles. The van der Waals surface area contributed by atoms with Crippen LogP contribution in [0.2, 0.25) is 5.15 Å². The van der Waals surface area contributed by atoms with Crippen molar-refractivity contribution in [2.45, 2.75) is 9.79 Å². The number of anilines is 2. The highest BCUT2D eigenvalue weighted by atomic mass is 35.5. The smallest absolute Gasteiger partial charge is 0.206 e. The molecule has 9 heteroatoms. The molecule has 0 spiro atoms. The molecular weight excluding hydrogens is 416 g/mol. The molecule has 0 aliphatic rings. The van der Waals surface area contributed by atoms with Crippen LogP contribution >= 0.6 is 22.9 Å². The van der Waals surface area contributed by atoms with Gasteiger partial charge in [-0.3, -0.25) is 4.98 Å². The third-order valence-electron chi connectivity index (χ3n) is 3.84. The fourth-order valence-corrected chi connectivity index (χ4v) is 4.94. The first-order valence-corrected chi connectivity index (χ1v) is 10.8. The average molecular weight is 429 g/mol. The van der Waals surface area contributed by atoms with E-state index in [9.17, 15) is 8.42 Å². The molecule has 140 valence electrons. The molecule has 0 aliphatic heterocycles. The van der Waals surface area contributed by atoms with E-state index in [4.69, 9.17) is 11.6 Å². The Bertz CT molecular complexity index is 1210. The Balaban J connectivity index is 1.65. The number of sulfone groups is 1. The minimum Gasteiger partial charge on any atom is -0.316 e. The van der Waals surface area contributed by atoms with Crippen molar-refractivity contribution in [2.24, 2.45) is 0 Å². The van der Waals surface area contributed by atoms with E-state index in [-0.39, 0.29) is 14.9 Å². The van der Waals surface area contributed by atoms with Crippen LogP contribution in [-0.4, -0.2) is 23.4 Å². The lowest BCUT2D eigenvalue weighted by molar-refractivity contribution is 0.596. The highest BCUT2D eigenvalue weighted by Gasteiger charge is 2.19. The minimum absolute atomic E-state index is 0.0621. The summed E-state index contributed by atoms with van der Waals surface area (Å²) in [4.78, 5) is 13.7. The summed E-state index contributed by atoms with van der Waals surface area (Å²) in [5.41, 5.74) is 0.993. The fraction of sp³-hybridized carbons (Fsp3) is 0. The number of hydrogen-bond donors (Lipinski definition) is 1. The largest absolute Gasteiger partial charge is 0.316 e. The molecule has 1 N–H and O–H groups in total. The number of aromatic nitrogens is 3. The lowest BCUT2D eigenvalue weighted by Gasteiger charge is -2.08. The molecule has 0 saturated heterocycles. The zero-order valence-electron chi connectivity index (χ0n) is 14.3. The van der Waals surface area contributed by atoms with E-state index >= 15 is 0 Å². The zero-order valence-corrected chi connectivity index (χ0v) is 16.7. The highest BCUT2D eigenvalue weighted by Crippen LogP contribution is 2.31. The molecule has 28 heavy (non-hydrogen) atoms. The van der Waals surface area contributed by atoms with Crippen LogP contribution in [0.3, 0.4) is 0 Å². The van der Waals surface area contributed by atoms with Crippen LogP contribution in [0, 0.1) is 0 Å². The van der Waals surface area contributed by atoms with Gasteiger partial charge in [-0.05, 0) is 35.9 Å². The second-order valence-corrected chi connectivity index (χ2v) is 9.09. The van der Waals surface area contributed by atoms with Gasteiger partial charge in [-0.2, -0.15) is 0 Å². The summed E-state index contributed by atoms with van der Waals surface area (Å²) in [6.45, 7) is 0. The number of benzene rings is 1. The lowest BCUT2D eigenvalue weighted by Crippen LogP contribution is -2.04. The number of thiazole rings is 1. The maximum Gasteiger partial charge on any atom is 0.206 e. The standard InChI is InChI=1S/C19H13ClN4O2S2/c20-17-10-15(28(25,26)14-4-2-1-3-5-14)11-18(23-17)24-19-22-12-16(27-19)13-6-8-21-9-7-13/h1-12H,(H,22,23,24). The van der Waals surface area contributed by atoms with E-state index in [0.717, 1.165) is 10.4 Å². The van der Waals surface area contributed by atoms with E-state index < -0.39 is 9.84 Å². The number of nitrogens with one attached hydrogen (secondary N) is 1. The molecule has 0 radical (unpaired) electrons. The molecule has 0 fully saturated rings. The number of halogens is 1. The van der Waals surface area contributed by atoms with Crippen LogP contribution in [0.25, 0.3) is 10.4 Å². The van der Waals surface area contributed by atoms with Crippen molar-refractivity contribution in [1.29, 1.82) is 0 Å². The number of rotatable bonds is 5. The quantitative estimate of drug-likeness (QED) is 0.458. The molecule has 0 amide bonds. The van der Waals surface area contributed by atoms with Gasteiger partial charge in [0.2, 0.25) is 9.84 Å². The summed E-state index contributed by atoms with van der Waals surface area (Å²) in [5.74, 6) is 0.303. The third kappa shape index (κ3) is 3.89. The third-order valence-corrected chi connectivity index (χ3v) is 6.74. The Labute approximate surface area is 170 Å². The van der Waals surface area contributed by atoms with Gasteiger partial charge in [0.1, 0.15) is 11.0 Å². The summed E-state index contributed by atoms with van der Waals surface area (Å²) in [5, 5.41) is 3.68. The molecule has 1 aromatic carbocycles. The number of nitrogens with zero attached hydrogens (tertiary/aromatic N) is 3. The Morgan fingerprint density at radius 3 is 2.46 bits per heavy atom. The first-order valence-electron chi connectivity index (χ1n) is 8.13. The van der Waals surface area contributed by atoms with Gasteiger partial charge in [-0.15, -0.1) is 0 Å². The highest BCUT2D eigenvalue weighted by molar-refractivity contribution is 7.91. The van der Waals surface area contributed by atoms with E-state index in [0.29, 0.717) is 10.9 Å². The summed E-state index contributed by atoms with van der Waals surface area (Å²) in [6, 6.07) is 14.7. The van der Waals surface area contributed by atoms with E-state index in [1.165, 1.54) is 23.5 Å². The Morgan fingerprint density at radius 1 is 0.964 bits per heavy atom. The summed E-state index contributed by atoms with van der Waals surface area (Å²) >= 11 is 7.49. The molecule has 0 atom stereocenters. The van der Waals surface area contributed by atoms with Gasteiger partial charge < -0.3 is 5.32 Å². The van der Waals surface area contributed by atoms with Gasteiger partial charge in [-0.1, -0.05) is 41.1 Å². The molecule has 0 bridgehead atoms. The van der Waals surface area contributed by atoms with Crippen molar-refractivity contribution < 1.29 is 8.42 Å². The van der Waals surface area contributed by atoms with Gasteiger partial charge in [0.25, 0.3) is 0 Å². The predicted octanol–water partition coefficient (Wildman–Crippen LogP) is 4.83. The topological polar surface area (TPSA) is 84.8 Å². The Morgan fingerprint density at radius 2 is 1.71 bits per heavy atom. The average Bonchev–Trinajstić information content (AvgIpc) is 3.17. The molecular formula is C19H13ClN4O2S2. The van der Waals surface area contributed by atoms with E-state index in [1.807, 2.05) is 12.1 Å². The maximum absolute atomic E-state index is 12.8. The molecule has 6 nitrogen and oxygen atoms in total. The maximum atomic E-state index is 12.8. The van der Waals surface area contributed by atoms with Gasteiger partial charge in [0.05, 0.1) is 14.7 Å². The van der Waals surface area contributed by atoms with Crippen LogP contribution in [0.5, 0.6) is 0 Å². The second-order valence-electron chi connectivity index (χ2n) is 5.72. The zero-order chi connectivity index (χ0) is 19.6. The van der Waals surface area contributed by atoms with E-state index in [1.54, 1.807) is 48.9 Å². The van der Waals surface area contributed by atoms with Crippen LogP contribution in [0.15, 0.2) is 83.0 Å². The Kier molecular flexibility index (Phi) is 5.08. The predicted molar refractivity (Wildman–Crippen MR) is 110 cm³/mol. The van der Waals surface area contributed by atoms with Crippen molar-refractivity contribution in [2.75, 3.05) is 5.32 Å². The van der Waals surface area contributed by atoms with Crippen LogP contribution in [0.1, 0.15) is 0 Å². The molecule has 3 aromatic heterocycles. The van der Waals surface area contributed by atoms with Crippen molar-refractivity contribution in [1.82, 2.24) is 15.0 Å². The summed E-state index contributed by atoms with van der Waals surface area (Å²) in [6.07, 6.45) is 5.15.